The fraction of sp³-hybridized carbons (Fsp3) is 0.800. The molecule has 0 saturated heterocycles. The summed E-state index contributed by atoms with van der Waals surface area (Å²) in [4.78, 5) is 0. The van der Waals surface area contributed by atoms with Gasteiger partial charge in [-0.15, -0.1) is 10.2 Å². The van der Waals surface area contributed by atoms with Crippen LogP contribution in [0.4, 0.5) is 0 Å². The van der Waals surface area contributed by atoms with Crippen molar-refractivity contribution in [2.24, 2.45) is 10.8 Å². The smallest absolute Gasteiger partial charge is 0.222 e. The van der Waals surface area contributed by atoms with E-state index in [1.807, 2.05) is 41.5 Å². The Kier molecular flexibility index (Phi) is 15.4. The molecule has 0 aromatic carbocycles. The van der Waals surface area contributed by atoms with E-state index in [2.05, 4.69) is 12.1 Å². The van der Waals surface area contributed by atoms with Crippen molar-refractivity contribution in [1.82, 2.24) is 0 Å². The molecule has 110 valence electrons. The molecule has 8 heteroatoms. The van der Waals surface area contributed by atoms with Crippen molar-refractivity contribution >= 4 is 0 Å². The van der Waals surface area contributed by atoms with Gasteiger partial charge in [-0.25, -0.2) is 18.6 Å². The maximum atomic E-state index is 8.49. The third-order valence-electron chi connectivity index (χ3n) is 0.671. The number of nitriles is 2. The minimum Gasteiger partial charge on any atom is -0.222 e. The van der Waals surface area contributed by atoms with Crippen molar-refractivity contribution in [2.45, 2.75) is 41.5 Å². The van der Waals surface area contributed by atoms with Crippen molar-refractivity contribution in [1.29, 1.82) is 10.5 Å². The van der Waals surface area contributed by atoms with Gasteiger partial charge >= 0.3 is 17.1 Å². The maximum absolute atomic E-state index is 8.49. The van der Waals surface area contributed by atoms with Crippen LogP contribution in [0.25, 0.3) is 0 Å². The molecule has 0 unspecified atom stereocenters. The second kappa shape index (κ2) is 10.5. The Morgan fingerprint density at radius 2 is 0.778 bits per heavy atom. The summed E-state index contributed by atoms with van der Waals surface area (Å²) in [6, 6.07) is 4.21. The summed E-state index contributed by atoms with van der Waals surface area (Å²) in [5, 5.41) is 16.3. The van der Waals surface area contributed by atoms with E-state index in [1.54, 1.807) is 0 Å². The van der Waals surface area contributed by atoms with Crippen molar-refractivity contribution < 1.29 is 45.9 Å². The molecular formula is C10H18ClCuN2O4. The van der Waals surface area contributed by atoms with Gasteiger partial charge in [0.25, 0.3) is 0 Å². The minimum atomic E-state index is -4.94. The second-order valence-corrected chi connectivity index (χ2v) is 5.86. The molecule has 6 nitrogen and oxygen atoms in total. The van der Waals surface area contributed by atoms with Gasteiger partial charge in [0.05, 0.1) is 12.1 Å². The average molecular weight is 329 g/mol. The van der Waals surface area contributed by atoms with E-state index in [1.165, 1.54) is 0 Å². The monoisotopic (exact) mass is 328 g/mol. The largest absolute Gasteiger partial charge is 1.00 e. The summed E-state index contributed by atoms with van der Waals surface area (Å²) < 4.78 is 34.0. The molecule has 0 aliphatic heterocycles. The topological polar surface area (TPSA) is 140 Å². The van der Waals surface area contributed by atoms with Crippen molar-refractivity contribution in [3.8, 4) is 12.1 Å². The van der Waals surface area contributed by atoms with E-state index in [-0.39, 0.29) is 27.9 Å². The normalized spacial score (nSPS) is 10.2. The zero-order chi connectivity index (χ0) is 14.9. The van der Waals surface area contributed by atoms with E-state index < -0.39 is 10.2 Å². The Bertz CT molecular complexity index is 249. The zero-order valence-corrected chi connectivity index (χ0v) is 12.9. The van der Waals surface area contributed by atoms with Gasteiger partial charge in [-0.3, -0.25) is 0 Å². The summed E-state index contributed by atoms with van der Waals surface area (Å²) in [7, 11) is -4.94. The Hall–Kier alpha value is -0.371. The van der Waals surface area contributed by atoms with Crippen LogP contribution < -0.4 is 18.6 Å². The van der Waals surface area contributed by atoms with E-state index in [9.17, 15) is 0 Å². The SMILES string of the molecule is CC(C)(C)C#N.CC(C)(C)C#N.[Cu+].[O-][Cl+3]([O-])([O-])[O-]. The molecule has 0 rings (SSSR count). The van der Waals surface area contributed by atoms with Gasteiger partial charge in [0, 0.05) is 10.8 Å². The standard InChI is InChI=1S/2C5H9N.ClHO4.Cu/c2*1-5(2,3)4-6;2-1(3,4)5;/h2*1-3H3;(H,2,3,4,5);/q;;;+1/p-1. The molecule has 0 N–H and O–H groups in total. The quantitative estimate of drug-likeness (QED) is 0.488. The van der Waals surface area contributed by atoms with Crippen LogP contribution >= 0.6 is 0 Å². The number of rotatable bonds is 0. The van der Waals surface area contributed by atoms with E-state index in [4.69, 9.17) is 29.2 Å². The van der Waals surface area contributed by atoms with Crippen LogP contribution in [-0.4, -0.2) is 0 Å². The average Bonchev–Trinajstić information content (AvgIpc) is 2.00. The fourth-order valence-electron chi connectivity index (χ4n) is 0. The molecule has 0 saturated carbocycles. The fourth-order valence-corrected chi connectivity index (χ4v) is 0. The summed E-state index contributed by atoms with van der Waals surface area (Å²) in [5.41, 5.74) is -0.306. The van der Waals surface area contributed by atoms with Crippen LogP contribution in [0.5, 0.6) is 0 Å². The molecule has 0 aliphatic carbocycles. The summed E-state index contributed by atoms with van der Waals surface area (Å²) in [6.45, 7) is 11.3. The van der Waals surface area contributed by atoms with Crippen LogP contribution in [0, 0.1) is 43.7 Å². The predicted octanol–water partition coefficient (Wildman–Crippen LogP) is -1.65. The molecule has 0 aromatic heterocycles. The van der Waals surface area contributed by atoms with Crippen molar-refractivity contribution in [3.63, 3.8) is 0 Å². The van der Waals surface area contributed by atoms with Gasteiger partial charge in [-0.1, -0.05) is 0 Å². The van der Waals surface area contributed by atoms with E-state index >= 15 is 0 Å². The number of halogens is 1. The third-order valence-corrected chi connectivity index (χ3v) is 0.671. The van der Waals surface area contributed by atoms with Gasteiger partial charge in [-0.05, 0) is 41.5 Å². The van der Waals surface area contributed by atoms with Gasteiger partial charge in [-0.2, -0.15) is 10.5 Å². The molecule has 0 radical (unpaired) electrons. The second-order valence-electron chi connectivity index (χ2n) is 5.10. The molecule has 18 heavy (non-hydrogen) atoms. The van der Waals surface area contributed by atoms with Crippen LogP contribution in [-0.2, 0) is 17.1 Å². The van der Waals surface area contributed by atoms with E-state index in [0.717, 1.165) is 0 Å². The van der Waals surface area contributed by atoms with Crippen LogP contribution in [0.2, 0.25) is 0 Å². The molecule has 0 aromatic rings. The number of hydrogen-bond acceptors (Lipinski definition) is 6. The Morgan fingerprint density at radius 3 is 0.778 bits per heavy atom. The first-order valence-electron chi connectivity index (χ1n) is 4.56. The first kappa shape index (κ1) is 26.2. The molecule has 0 atom stereocenters. The zero-order valence-electron chi connectivity index (χ0n) is 11.2. The summed E-state index contributed by atoms with van der Waals surface area (Å²) in [6.07, 6.45) is 0. The van der Waals surface area contributed by atoms with Gasteiger partial charge < -0.3 is 0 Å². The molecule has 0 bridgehead atoms. The molecule has 0 aliphatic rings. The third kappa shape index (κ3) is 106. The molecule has 0 spiro atoms. The summed E-state index contributed by atoms with van der Waals surface area (Å²) in [5.74, 6) is 0. The van der Waals surface area contributed by atoms with Gasteiger partial charge in [0.1, 0.15) is 0 Å². The molecule has 0 amide bonds. The summed E-state index contributed by atoms with van der Waals surface area (Å²) >= 11 is 0. The molecular weight excluding hydrogens is 311 g/mol. The maximum Gasteiger partial charge on any atom is 1.00 e. The van der Waals surface area contributed by atoms with Crippen molar-refractivity contribution in [3.05, 3.63) is 0 Å². The predicted molar refractivity (Wildman–Crippen MR) is 50.1 cm³/mol. The van der Waals surface area contributed by atoms with Gasteiger partial charge in [0.2, 0.25) is 0 Å². The van der Waals surface area contributed by atoms with Crippen LogP contribution in [0.15, 0.2) is 0 Å². The number of hydrogen-bond donors (Lipinski definition) is 0. The number of nitrogens with zero attached hydrogens (tertiary/aromatic N) is 2. The van der Waals surface area contributed by atoms with Gasteiger partial charge in [0.15, 0.2) is 0 Å². The van der Waals surface area contributed by atoms with Crippen molar-refractivity contribution in [2.75, 3.05) is 0 Å². The Morgan fingerprint density at radius 1 is 0.722 bits per heavy atom. The van der Waals surface area contributed by atoms with E-state index in [0.29, 0.717) is 0 Å². The first-order valence-corrected chi connectivity index (χ1v) is 5.80. The minimum absolute atomic E-state index is 0. The molecule has 0 fully saturated rings. The first-order chi connectivity index (χ1) is 7.12. The Labute approximate surface area is 121 Å². The van der Waals surface area contributed by atoms with Crippen LogP contribution in [0.3, 0.4) is 0 Å². The molecule has 0 heterocycles. The van der Waals surface area contributed by atoms with Crippen LogP contribution in [0.1, 0.15) is 41.5 Å². The Balaban J connectivity index is -0.0000000799.